The zero-order chi connectivity index (χ0) is 18.1. The lowest BCUT2D eigenvalue weighted by atomic mass is 10.1. The maximum atomic E-state index is 12.5. The Kier molecular flexibility index (Phi) is 5.34. The van der Waals surface area contributed by atoms with E-state index in [9.17, 15) is 26.7 Å². The SMILES string of the molecule is O=S(=O)(NCc1ccc(C(F)(F)F)cc1)c1cc(Cl)c(O)c(Cl)c1. The highest BCUT2D eigenvalue weighted by Gasteiger charge is 2.30. The summed E-state index contributed by atoms with van der Waals surface area (Å²) in [5.41, 5.74) is -0.492. The standard InChI is InChI=1S/C14H10Cl2F3NO3S/c15-11-5-10(6-12(16)13(11)21)24(22,23)20-7-8-1-3-9(4-2-8)14(17,18)19/h1-6,20-21H,7H2. The van der Waals surface area contributed by atoms with Gasteiger partial charge in [-0.3, -0.25) is 0 Å². The Hall–Kier alpha value is -1.48. The fraction of sp³-hybridized carbons (Fsp3) is 0.143. The van der Waals surface area contributed by atoms with Crippen molar-refractivity contribution in [3.63, 3.8) is 0 Å². The second-order valence-electron chi connectivity index (χ2n) is 4.75. The van der Waals surface area contributed by atoms with Gasteiger partial charge in [-0.25, -0.2) is 13.1 Å². The highest BCUT2D eigenvalue weighted by Crippen LogP contribution is 2.34. The van der Waals surface area contributed by atoms with E-state index in [4.69, 9.17) is 23.2 Å². The fourth-order valence-electron chi connectivity index (χ4n) is 1.77. The maximum absolute atomic E-state index is 12.5. The lowest BCUT2D eigenvalue weighted by molar-refractivity contribution is -0.137. The first-order chi connectivity index (χ1) is 11.0. The van der Waals surface area contributed by atoms with Crippen LogP contribution in [0.25, 0.3) is 0 Å². The average Bonchev–Trinajstić information content (AvgIpc) is 2.49. The third-order valence-corrected chi connectivity index (χ3v) is 5.01. The summed E-state index contributed by atoms with van der Waals surface area (Å²) in [6.07, 6.45) is -4.46. The van der Waals surface area contributed by atoms with Crippen molar-refractivity contribution < 1.29 is 26.7 Å². The van der Waals surface area contributed by atoms with Crippen LogP contribution < -0.4 is 4.72 Å². The third-order valence-electron chi connectivity index (χ3n) is 3.05. The van der Waals surface area contributed by atoms with E-state index < -0.39 is 27.5 Å². The van der Waals surface area contributed by atoms with Crippen LogP contribution in [0.15, 0.2) is 41.3 Å². The summed E-state index contributed by atoms with van der Waals surface area (Å²) in [7, 11) is -4.01. The van der Waals surface area contributed by atoms with Gasteiger partial charge >= 0.3 is 6.18 Å². The Morgan fingerprint density at radius 1 is 1.04 bits per heavy atom. The molecule has 0 aliphatic rings. The molecule has 0 bridgehead atoms. The summed E-state index contributed by atoms with van der Waals surface area (Å²) >= 11 is 11.3. The molecule has 0 amide bonds. The number of nitrogens with one attached hydrogen (secondary N) is 1. The van der Waals surface area contributed by atoms with Crippen molar-refractivity contribution in [2.45, 2.75) is 17.6 Å². The minimum Gasteiger partial charge on any atom is -0.505 e. The number of aromatic hydroxyl groups is 1. The summed E-state index contributed by atoms with van der Waals surface area (Å²) in [6, 6.07) is 6.08. The van der Waals surface area contributed by atoms with E-state index >= 15 is 0 Å². The van der Waals surface area contributed by atoms with Crippen molar-refractivity contribution in [3.05, 3.63) is 57.6 Å². The number of alkyl halides is 3. The van der Waals surface area contributed by atoms with Gasteiger partial charge in [0.1, 0.15) is 0 Å². The van der Waals surface area contributed by atoms with Gasteiger partial charge in [0.2, 0.25) is 10.0 Å². The van der Waals surface area contributed by atoms with Crippen molar-refractivity contribution >= 4 is 33.2 Å². The Morgan fingerprint density at radius 2 is 1.54 bits per heavy atom. The lowest BCUT2D eigenvalue weighted by Gasteiger charge is -2.10. The Morgan fingerprint density at radius 3 is 2.00 bits per heavy atom. The molecule has 0 aliphatic heterocycles. The lowest BCUT2D eigenvalue weighted by Crippen LogP contribution is -2.23. The minimum atomic E-state index is -4.46. The molecule has 2 aromatic carbocycles. The molecule has 24 heavy (non-hydrogen) atoms. The molecular formula is C14H10Cl2F3NO3S. The van der Waals surface area contributed by atoms with Crippen LogP contribution in [-0.4, -0.2) is 13.5 Å². The van der Waals surface area contributed by atoms with Gasteiger partial charge in [-0.15, -0.1) is 0 Å². The van der Waals surface area contributed by atoms with E-state index in [-0.39, 0.29) is 21.5 Å². The molecule has 2 rings (SSSR count). The Balaban J connectivity index is 2.16. The van der Waals surface area contributed by atoms with Crippen LogP contribution in [0.3, 0.4) is 0 Å². The Labute approximate surface area is 145 Å². The molecule has 10 heteroatoms. The van der Waals surface area contributed by atoms with Crippen LogP contribution in [0.4, 0.5) is 13.2 Å². The van der Waals surface area contributed by atoms with Crippen molar-refractivity contribution in [1.82, 2.24) is 4.72 Å². The molecule has 0 spiro atoms. The van der Waals surface area contributed by atoms with Gasteiger partial charge in [-0.05, 0) is 29.8 Å². The van der Waals surface area contributed by atoms with Crippen LogP contribution in [0, 0.1) is 0 Å². The van der Waals surface area contributed by atoms with E-state index in [1.165, 1.54) is 12.1 Å². The van der Waals surface area contributed by atoms with Gasteiger partial charge in [0.15, 0.2) is 5.75 Å². The normalized spacial score (nSPS) is 12.4. The largest absolute Gasteiger partial charge is 0.505 e. The van der Waals surface area contributed by atoms with Crippen LogP contribution >= 0.6 is 23.2 Å². The van der Waals surface area contributed by atoms with E-state index in [2.05, 4.69) is 4.72 Å². The average molecular weight is 400 g/mol. The quantitative estimate of drug-likeness (QED) is 0.809. The van der Waals surface area contributed by atoms with Gasteiger partial charge in [0.25, 0.3) is 0 Å². The molecule has 0 aliphatic carbocycles. The molecule has 0 atom stereocenters. The summed E-state index contributed by atoms with van der Waals surface area (Å²) in [5.74, 6) is -0.444. The van der Waals surface area contributed by atoms with Crippen molar-refractivity contribution in [3.8, 4) is 5.75 Å². The van der Waals surface area contributed by atoms with Crippen molar-refractivity contribution in [2.75, 3.05) is 0 Å². The predicted molar refractivity (Wildman–Crippen MR) is 83.6 cm³/mol. The predicted octanol–water partition coefficient (Wildman–Crippen LogP) is 4.20. The van der Waals surface area contributed by atoms with E-state index in [1.807, 2.05) is 0 Å². The Bertz CT molecular complexity index is 830. The number of sulfonamides is 1. The van der Waals surface area contributed by atoms with Crippen molar-refractivity contribution in [1.29, 1.82) is 0 Å². The molecule has 0 unspecified atom stereocenters. The molecule has 0 heterocycles. The van der Waals surface area contributed by atoms with Gasteiger partial charge in [-0.1, -0.05) is 35.3 Å². The van der Waals surface area contributed by atoms with Gasteiger partial charge in [0.05, 0.1) is 20.5 Å². The first-order valence-corrected chi connectivity index (χ1v) is 8.58. The molecule has 0 fully saturated rings. The first kappa shape index (κ1) is 18.9. The van der Waals surface area contributed by atoms with Crippen LogP contribution in [0.5, 0.6) is 5.75 Å². The summed E-state index contributed by atoms with van der Waals surface area (Å²) in [6.45, 7) is -0.226. The third kappa shape index (κ3) is 4.32. The zero-order valence-electron chi connectivity index (χ0n) is 11.7. The minimum absolute atomic E-state index is 0.226. The maximum Gasteiger partial charge on any atom is 0.416 e. The molecule has 0 aromatic heterocycles. The second-order valence-corrected chi connectivity index (χ2v) is 7.34. The highest BCUT2D eigenvalue weighted by atomic mass is 35.5. The number of halogens is 5. The molecule has 130 valence electrons. The van der Waals surface area contributed by atoms with E-state index in [1.54, 1.807) is 0 Å². The van der Waals surface area contributed by atoms with Crippen molar-refractivity contribution in [2.24, 2.45) is 0 Å². The molecular weight excluding hydrogens is 390 g/mol. The second kappa shape index (κ2) is 6.79. The molecule has 2 aromatic rings. The van der Waals surface area contributed by atoms with Gasteiger partial charge < -0.3 is 5.11 Å². The molecule has 2 N–H and O–H groups in total. The molecule has 4 nitrogen and oxygen atoms in total. The van der Waals surface area contributed by atoms with Crippen LogP contribution in [0.1, 0.15) is 11.1 Å². The van der Waals surface area contributed by atoms with Gasteiger partial charge in [0, 0.05) is 6.54 Å². The number of hydrogen-bond acceptors (Lipinski definition) is 3. The van der Waals surface area contributed by atoms with Crippen LogP contribution in [-0.2, 0) is 22.7 Å². The topological polar surface area (TPSA) is 66.4 Å². The highest BCUT2D eigenvalue weighted by molar-refractivity contribution is 7.89. The number of phenols is 1. The molecule has 0 saturated carbocycles. The van der Waals surface area contributed by atoms with E-state index in [0.29, 0.717) is 5.56 Å². The smallest absolute Gasteiger partial charge is 0.416 e. The summed E-state index contributed by atoms with van der Waals surface area (Å²) in [4.78, 5) is -0.276. The monoisotopic (exact) mass is 399 g/mol. The zero-order valence-corrected chi connectivity index (χ0v) is 14.1. The van der Waals surface area contributed by atoms with Gasteiger partial charge in [-0.2, -0.15) is 13.2 Å². The number of phenolic OH excluding ortho intramolecular Hbond substituents is 1. The van der Waals surface area contributed by atoms with Crippen LogP contribution in [0.2, 0.25) is 10.0 Å². The summed E-state index contributed by atoms with van der Waals surface area (Å²) in [5, 5.41) is 8.95. The number of rotatable bonds is 4. The number of benzene rings is 2. The molecule has 0 radical (unpaired) electrons. The fourth-order valence-corrected chi connectivity index (χ4v) is 3.46. The molecule has 0 saturated heterocycles. The first-order valence-electron chi connectivity index (χ1n) is 6.34. The van der Waals surface area contributed by atoms with E-state index in [0.717, 1.165) is 24.3 Å². The number of hydrogen-bond donors (Lipinski definition) is 2. The summed E-state index contributed by atoms with van der Waals surface area (Å²) < 4.78 is 63.9.